The van der Waals surface area contributed by atoms with Crippen molar-refractivity contribution in [3.05, 3.63) is 34.1 Å². The Morgan fingerprint density at radius 1 is 1.53 bits per heavy atom. The quantitative estimate of drug-likeness (QED) is 0.626. The van der Waals surface area contributed by atoms with Gasteiger partial charge in [-0.05, 0) is 6.07 Å². The molecule has 0 fully saturated rings. The van der Waals surface area contributed by atoms with Gasteiger partial charge in [0.1, 0.15) is 11.5 Å². The Morgan fingerprint density at radius 3 is 2.82 bits per heavy atom. The van der Waals surface area contributed by atoms with Gasteiger partial charge < -0.3 is 5.32 Å². The van der Waals surface area contributed by atoms with Gasteiger partial charge in [-0.25, -0.2) is 4.39 Å². The van der Waals surface area contributed by atoms with Crippen molar-refractivity contribution in [2.24, 2.45) is 0 Å². The fraction of sp³-hybridized carbons (Fsp3) is 0.400. The summed E-state index contributed by atoms with van der Waals surface area (Å²) in [5.41, 5.74) is -0.0724. The lowest BCUT2D eigenvalue weighted by Crippen LogP contribution is -2.13. The molecule has 1 atom stereocenters. The van der Waals surface area contributed by atoms with E-state index in [0.29, 0.717) is 18.1 Å². The molecule has 1 aromatic rings. The van der Waals surface area contributed by atoms with Crippen LogP contribution in [0.1, 0.15) is 6.92 Å². The predicted molar refractivity (Wildman–Crippen MR) is 65.1 cm³/mol. The SMILES string of the molecule is CCS(=O)CCNc1cc(F)ccc1[N+](=O)[O-]. The number of rotatable bonds is 6. The fourth-order valence-corrected chi connectivity index (χ4v) is 1.87. The molecule has 1 aromatic carbocycles. The van der Waals surface area contributed by atoms with E-state index in [1.165, 1.54) is 0 Å². The van der Waals surface area contributed by atoms with Crippen molar-refractivity contribution in [1.82, 2.24) is 0 Å². The van der Waals surface area contributed by atoms with E-state index in [2.05, 4.69) is 5.32 Å². The summed E-state index contributed by atoms with van der Waals surface area (Å²) in [5, 5.41) is 13.4. The molecule has 0 spiro atoms. The molecule has 1 rings (SSSR count). The van der Waals surface area contributed by atoms with E-state index in [4.69, 9.17) is 0 Å². The lowest BCUT2D eigenvalue weighted by molar-refractivity contribution is -0.384. The van der Waals surface area contributed by atoms with Crippen LogP contribution in [0.2, 0.25) is 0 Å². The maximum absolute atomic E-state index is 12.9. The van der Waals surface area contributed by atoms with Gasteiger partial charge in [0.05, 0.1) is 4.92 Å². The molecule has 5 nitrogen and oxygen atoms in total. The van der Waals surface area contributed by atoms with Crippen molar-refractivity contribution in [2.45, 2.75) is 6.92 Å². The van der Waals surface area contributed by atoms with E-state index in [1.807, 2.05) is 0 Å². The van der Waals surface area contributed by atoms with E-state index in [9.17, 15) is 18.7 Å². The second-order valence-electron chi connectivity index (χ2n) is 3.28. The highest BCUT2D eigenvalue weighted by molar-refractivity contribution is 7.84. The molecule has 0 saturated heterocycles. The predicted octanol–water partition coefficient (Wildman–Crippen LogP) is 1.91. The van der Waals surface area contributed by atoms with Crippen LogP contribution in [0, 0.1) is 15.9 Å². The van der Waals surface area contributed by atoms with Crippen LogP contribution in [0.4, 0.5) is 15.8 Å². The topological polar surface area (TPSA) is 72.2 Å². The summed E-state index contributed by atoms with van der Waals surface area (Å²) in [4.78, 5) is 10.1. The third-order valence-electron chi connectivity index (χ3n) is 2.12. The van der Waals surface area contributed by atoms with Gasteiger partial charge >= 0.3 is 0 Å². The fourth-order valence-electron chi connectivity index (χ4n) is 1.25. The third kappa shape index (κ3) is 4.10. The van der Waals surface area contributed by atoms with Crippen molar-refractivity contribution in [1.29, 1.82) is 0 Å². The third-order valence-corrected chi connectivity index (χ3v) is 3.43. The molecule has 0 aliphatic carbocycles. The first kappa shape index (κ1) is 13.6. The summed E-state index contributed by atoms with van der Waals surface area (Å²) in [6.45, 7) is 2.10. The molecule has 94 valence electrons. The molecule has 0 aromatic heterocycles. The Balaban J connectivity index is 2.72. The van der Waals surface area contributed by atoms with Crippen LogP contribution in [0.25, 0.3) is 0 Å². The van der Waals surface area contributed by atoms with E-state index in [1.54, 1.807) is 6.92 Å². The van der Waals surface area contributed by atoms with Crippen LogP contribution in [-0.4, -0.2) is 27.2 Å². The minimum atomic E-state index is -0.949. The number of nitrogens with zero attached hydrogens (tertiary/aromatic N) is 1. The summed E-state index contributed by atoms with van der Waals surface area (Å²) >= 11 is 0. The monoisotopic (exact) mass is 260 g/mol. The van der Waals surface area contributed by atoms with E-state index in [0.717, 1.165) is 18.2 Å². The smallest absolute Gasteiger partial charge is 0.292 e. The highest BCUT2D eigenvalue weighted by Gasteiger charge is 2.13. The first-order valence-electron chi connectivity index (χ1n) is 5.07. The molecule has 1 N–H and O–H groups in total. The van der Waals surface area contributed by atoms with Crippen molar-refractivity contribution in [3.8, 4) is 0 Å². The summed E-state index contributed by atoms with van der Waals surface area (Å²) in [6, 6.07) is 3.20. The number of nitrogens with one attached hydrogen (secondary N) is 1. The van der Waals surface area contributed by atoms with Crippen LogP contribution >= 0.6 is 0 Å². The van der Waals surface area contributed by atoms with E-state index < -0.39 is 21.5 Å². The van der Waals surface area contributed by atoms with Gasteiger partial charge in [0, 0.05) is 41.0 Å². The van der Waals surface area contributed by atoms with Crippen LogP contribution < -0.4 is 5.32 Å². The summed E-state index contributed by atoms with van der Waals surface area (Å²) in [5.74, 6) is 0.367. The number of hydrogen-bond acceptors (Lipinski definition) is 4. The van der Waals surface area contributed by atoms with E-state index in [-0.39, 0.29) is 11.4 Å². The van der Waals surface area contributed by atoms with Gasteiger partial charge in [-0.2, -0.15) is 0 Å². The first-order valence-corrected chi connectivity index (χ1v) is 6.56. The maximum Gasteiger partial charge on any atom is 0.292 e. The lowest BCUT2D eigenvalue weighted by atomic mass is 10.2. The summed E-state index contributed by atoms with van der Waals surface area (Å²) in [7, 11) is -0.949. The van der Waals surface area contributed by atoms with Crippen molar-refractivity contribution in [3.63, 3.8) is 0 Å². The molecule has 0 saturated carbocycles. The maximum atomic E-state index is 12.9. The molecule has 0 heterocycles. The van der Waals surface area contributed by atoms with Gasteiger partial charge in [0.15, 0.2) is 0 Å². The van der Waals surface area contributed by atoms with Crippen LogP contribution in [0.15, 0.2) is 18.2 Å². The zero-order valence-electron chi connectivity index (χ0n) is 9.31. The number of benzene rings is 1. The molecule has 1 unspecified atom stereocenters. The van der Waals surface area contributed by atoms with Crippen molar-refractivity contribution in [2.75, 3.05) is 23.4 Å². The normalized spacial score (nSPS) is 12.1. The van der Waals surface area contributed by atoms with Gasteiger partial charge in [0.25, 0.3) is 5.69 Å². The Bertz CT molecular complexity index is 440. The highest BCUT2D eigenvalue weighted by Crippen LogP contribution is 2.24. The second-order valence-corrected chi connectivity index (χ2v) is 5.14. The first-order chi connectivity index (χ1) is 8.04. The minimum Gasteiger partial charge on any atom is -0.378 e. The molecule has 0 radical (unpaired) electrons. The van der Waals surface area contributed by atoms with Crippen molar-refractivity contribution >= 4 is 22.2 Å². The van der Waals surface area contributed by atoms with Gasteiger partial charge in [-0.3, -0.25) is 14.3 Å². The number of nitro groups is 1. The zero-order valence-corrected chi connectivity index (χ0v) is 10.1. The highest BCUT2D eigenvalue weighted by atomic mass is 32.2. The van der Waals surface area contributed by atoms with Crippen molar-refractivity contribution < 1.29 is 13.5 Å². The summed E-state index contributed by atoms with van der Waals surface area (Å²) < 4.78 is 24.1. The lowest BCUT2D eigenvalue weighted by Gasteiger charge is -2.06. The van der Waals surface area contributed by atoms with Crippen LogP contribution in [0.3, 0.4) is 0 Å². The van der Waals surface area contributed by atoms with Gasteiger partial charge in [0.2, 0.25) is 0 Å². The number of hydrogen-bond donors (Lipinski definition) is 1. The molecule has 0 aliphatic heterocycles. The molecule has 0 bridgehead atoms. The zero-order chi connectivity index (χ0) is 12.8. The summed E-state index contributed by atoms with van der Waals surface area (Å²) in [6.07, 6.45) is 0. The number of halogens is 1. The average molecular weight is 260 g/mol. The Labute approximate surface area is 101 Å². The van der Waals surface area contributed by atoms with E-state index >= 15 is 0 Å². The Kier molecular flexibility index (Phi) is 5.02. The molecule has 0 amide bonds. The molecular weight excluding hydrogens is 247 g/mol. The molecular formula is C10H13FN2O3S. The Morgan fingerprint density at radius 2 is 2.24 bits per heavy atom. The number of anilines is 1. The molecule has 7 heteroatoms. The second kappa shape index (κ2) is 6.29. The molecule has 0 aliphatic rings. The number of nitro benzene ring substituents is 1. The van der Waals surface area contributed by atoms with Gasteiger partial charge in [-0.1, -0.05) is 6.92 Å². The standard InChI is InChI=1S/C10H13FN2O3S/c1-2-17(16)6-5-12-9-7-8(11)3-4-10(9)13(14)15/h3-4,7,12H,2,5-6H2,1H3. The molecule has 17 heavy (non-hydrogen) atoms. The van der Waals surface area contributed by atoms with Crippen LogP contribution in [0.5, 0.6) is 0 Å². The minimum absolute atomic E-state index is 0.114. The Hall–Kier alpha value is -1.50. The average Bonchev–Trinajstić information content (AvgIpc) is 2.28. The van der Waals surface area contributed by atoms with Gasteiger partial charge in [-0.15, -0.1) is 0 Å². The largest absolute Gasteiger partial charge is 0.378 e. The van der Waals surface area contributed by atoms with Crippen LogP contribution in [-0.2, 0) is 10.8 Å².